The van der Waals surface area contributed by atoms with Crippen LogP contribution in [-0.2, 0) is 0 Å². The van der Waals surface area contributed by atoms with Crippen molar-refractivity contribution in [2.45, 2.75) is 6.92 Å². The smallest absolute Gasteiger partial charge is 0.187 e. The zero-order valence-corrected chi connectivity index (χ0v) is 11.0. The highest BCUT2D eigenvalue weighted by Gasteiger charge is 2.51. The summed E-state index contributed by atoms with van der Waals surface area (Å²) in [5.74, 6) is -0.228. The molecule has 0 spiro atoms. The summed E-state index contributed by atoms with van der Waals surface area (Å²) in [6, 6.07) is 6.15. The van der Waals surface area contributed by atoms with Gasteiger partial charge >= 0.3 is 0 Å². The number of hydrogen-bond acceptors (Lipinski definition) is 5. The fraction of sp³-hybridized carbons (Fsp3) is 0.500. The number of nitrogens with zero attached hydrogens (tertiary/aromatic N) is 4. The quantitative estimate of drug-likeness (QED) is 0.691. The summed E-state index contributed by atoms with van der Waals surface area (Å²) in [6.07, 6.45) is 1.98. The molecule has 1 aliphatic heterocycles. The Morgan fingerprint density at radius 2 is 2.00 bits per heavy atom. The lowest BCUT2D eigenvalue weighted by Gasteiger charge is -2.43. The first kappa shape index (κ1) is 13.1. The summed E-state index contributed by atoms with van der Waals surface area (Å²) in [4.78, 5) is 2.11. The van der Waals surface area contributed by atoms with Crippen molar-refractivity contribution < 1.29 is 0 Å². The molecule has 0 fully saturated rings. The Labute approximate surface area is 112 Å². The normalized spacial score (nSPS) is 29.5. The summed E-state index contributed by atoms with van der Waals surface area (Å²) in [7, 11) is 1.98. The van der Waals surface area contributed by atoms with Gasteiger partial charge in [-0.3, -0.25) is 0 Å². The highest BCUT2D eigenvalue weighted by atomic mass is 15.1. The summed E-state index contributed by atoms with van der Waals surface area (Å²) in [5, 5.41) is 28.2. The van der Waals surface area contributed by atoms with E-state index in [1.54, 1.807) is 0 Å². The second kappa shape index (κ2) is 4.43. The van der Waals surface area contributed by atoms with Crippen LogP contribution in [0.3, 0.4) is 0 Å². The molecule has 0 aromatic heterocycles. The number of hydrogen-bond donors (Lipinski definition) is 1. The van der Waals surface area contributed by atoms with Crippen molar-refractivity contribution in [2.75, 3.05) is 20.1 Å². The third-order valence-corrected chi connectivity index (χ3v) is 4.26. The van der Waals surface area contributed by atoms with Gasteiger partial charge in [0.15, 0.2) is 5.41 Å². The predicted octanol–water partition coefficient (Wildman–Crippen LogP) is 0.894. The SMILES string of the molecule is CC1C2CN(C)CC=C2C(C#N)=C(N)C1(C#N)C#N. The van der Waals surface area contributed by atoms with Crippen LogP contribution >= 0.6 is 0 Å². The zero-order valence-electron chi connectivity index (χ0n) is 11.0. The molecule has 2 N–H and O–H groups in total. The van der Waals surface area contributed by atoms with Crippen molar-refractivity contribution in [2.24, 2.45) is 23.0 Å². The molecule has 19 heavy (non-hydrogen) atoms. The molecule has 1 heterocycles. The van der Waals surface area contributed by atoms with Gasteiger partial charge in [0.1, 0.15) is 6.07 Å². The molecule has 5 nitrogen and oxygen atoms in total. The average Bonchev–Trinajstić information content (AvgIpc) is 2.42. The maximum atomic E-state index is 9.42. The van der Waals surface area contributed by atoms with Gasteiger partial charge in [0, 0.05) is 24.9 Å². The monoisotopic (exact) mass is 253 g/mol. The van der Waals surface area contributed by atoms with E-state index >= 15 is 0 Å². The molecule has 0 saturated carbocycles. The van der Waals surface area contributed by atoms with Crippen LogP contribution in [0.5, 0.6) is 0 Å². The molecule has 0 radical (unpaired) electrons. The molecule has 2 rings (SSSR count). The van der Waals surface area contributed by atoms with Gasteiger partial charge in [0.25, 0.3) is 0 Å². The molecular weight excluding hydrogens is 238 g/mol. The summed E-state index contributed by atoms with van der Waals surface area (Å²) >= 11 is 0. The van der Waals surface area contributed by atoms with E-state index in [9.17, 15) is 15.8 Å². The van der Waals surface area contributed by atoms with Gasteiger partial charge in [0.05, 0.1) is 23.4 Å². The fourth-order valence-electron chi connectivity index (χ4n) is 3.00. The largest absolute Gasteiger partial charge is 0.399 e. The van der Waals surface area contributed by atoms with Crippen molar-refractivity contribution >= 4 is 0 Å². The van der Waals surface area contributed by atoms with Gasteiger partial charge in [-0.25, -0.2) is 0 Å². The minimum absolute atomic E-state index is 0.000000000000000222. The van der Waals surface area contributed by atoms with Gasteiger partial charge in [-0.05, 0) is 12.6 Å². The van der Waals surface area contributed by atoms with E-state index in [4.69, 9.17) is 5.73 Å². The highest BCUT2D eigenvalue weighted by molar-refractivity contribution is 5.56. The van der Waals surface area contributed by atoms with Crippen molar-refractivity contribution in [3.8, 4) is 18.2 Å². The average molecular weight is 253 g/mol. The van der Waals surface area contributed by atoms with Crippen LogP contribution in [-0.4, -0.2) is 25.0 Å². The van der Waals surface area contributed by atoms with Gasteiger partial charge in [0.2, 0.25) is 0 Å². The third-order valence-electron chi connectivity index (χ3n) is 4.26. The van der Waals surface area contributed by atoms with E-state index in [0.29, 0.717) is 5.57 Å². The molecule has 0 aromatic rings. The molecule has 2 aliphatic rings. The van der Waals surface area contributed by atoms with Crippen LogP contribution in [0.2, 0.25) is 0 Å². The molecule has 5 heteroatoms. The zero-order chi connectivity index (χ0) is 14.2. The van der Waals surface area contributed by atoms with Crippen LogP contribution in [0, 0.1) is 51.2 Å². The van der Waals surface area contributed by atoms with Crippen molar-refractivity contribution in [1.29, 1.82) is 15.8 Å². The first-order chi connectivity index (χ1) is 9.01. The summed E-state index contributed by atoms with van der Waals surface area (Å²) in [5.41, 5.74) is 5.91. The molecule has 0 bridgehead atoms. The van der Waals surface area contributed by atoms with Crippen LogP contribution in [0.15, 0.2) is 22.9 Å². The Morgan fingerprint density at radius 3 is 2.53 bits per heavy atom. The van der Waals surface area contributed by atoms with E-state index in [1.165, 1.54) is 0 Å². The fourth-order valence-corrected chi connectivity index (χ4v) is 3.00. The lowest BCUT2D eigenvalue weighted by atomic mass is 9.61. The number of allylic oxidation sites excluding steroid dienone is 2. The lowest BCUT2D eigenvalue weighted by molar-refractivity contribution is 0.201. The minimum Gasteiger partial charge on any atom is -0.399 e. The van der Waals surface area contributed by atoms with Crippen LogP contribution in [0.4, 0.5) is 0 Å². The Bertz CT molecular complexity index is 579. The van der Waals surface area contributed by atoms with Gasteiger partial charge in [-0.2, -0.15) is 15.8 Å². The van der Waals surface area contributed by atoms with E-state index in [0.717, 1.165) is 18.7 Å². The highest BCUT2D eigenvalue weighted by Crippen LogP contribution is 2.48. The maximum Gasteiger partial charge on any atom is 0.187 e. The summed E-state index contributed by atoms with van der Waals surface area (Å²) < 4.78 is 0. The topological polar surface area (TPSA) is 101 Å². The standard InChI is InChI=1S/C14H15N5/c1-9-12-6-19(2)4-3-10(12)11(5-15)13(18)14(9,7-16)8-17/h3,9,12H,4,6,18H2,1-2H3. The van der Waals surface area contributed by atoms with E-state index < -0.39 is 5.41 Å². The van der Waals surface area contributed by atoms with Crippen LogP contribution in [0.25, 0.3) is 0 Å². The lowest BCUT2D eigenvalue weighted by Crippen LogP contribution is -2.47. The Kier molecular flexibility index (Phi) is 3.06. The molecule has 2 atom stereocenters. The van der Waals surface area contributed by atoms with E-state index in [2.05, 4.69) is 11.0 Å². The van der Waals surface area contributed by atoms with Crippen molar-refractivity contribution in [3.05, 3.63) is 22.9 Å². The first-order valence-corrected chi connectivity index (χ1v) is 6.13. The maximum absolute atomic E-state index is 9.42. The number of nitriles is 3. The molecule has 0 amide bonds. The van der Waals surface area contributed by atoms with Crippen LogP contribution in [0.1, 0.15) is 6.92 Å². The molecule has 0 saturated heterocycles. The van der Waals surface area contributed by atoms with Crippen molar-refractivity contribution in [3.63, 3.8) is 0 Å². The van der Waals surface area contributed by atoms with E-state index in [1.807, 2.05) is 32.2 Å². The number of likely N-dealkylation sites (N-methyl/N-ethyl adjacent to an activating group) is 1. The Morgan fingerprint density at radius 1 is 1.37 bits per heavy atom. The van der Waals surface area contributed by atoms with Gasteiger partial charge in [-0.15, -0.1) is 0 Å². The summed E-state index contributed by atoms with van der Waals surface area (Å²) in [6.45, 7) is 3.35. The van der Waals surface area contributed by atoms with Crippen LogP contribution < -0.4 is 5.73 Å². The Balaban J connectivity index is 2.71. The predicted molar refractivity (Wildman–Crippen MR) is 68.7 cm³/mol. The third kappa shape index (κ3) is 1.62. The molecule has 96 valence electrons. The number of rotatable bonds is 0. The van der Waals surface area contributed by atoms with Gasteiger partial charge < -0.3 is 10.6 Å². The number of nitrogens with two attached hydrogens (primary N) is 1. The minimum atomic E-state index is -1.40. The Hall–Kier alpha value is -2.29. The molecule has 2 unspecified atom stereocenters. The van der Waals surface area contributed by atoms with E-state index in [-0.39, 0.29) is 17.5 Å². The molecule has 0 aromatic carbocycles. The number of fused-ring (bicyclic) bond motifs is 1. The second-order valence-electron chi connectivity index (χ2n) is 5.21. The van der Waals surface area contributed by atoms with Gasteiger partial charge in [-0.1, -0.05) is 13.0 Å². The first-order valence-electron chi connectivity index (χ1n) is 6.13. The molecular formula is C14H15N5. The van der Waals surface area contributed by atoms with Crippen molar-refractivity contribution in [1.82, 2.24) is 4.90 Å². The second-order valence-corrected chi connectivity index (χ2v) is 5.21. The molecule has 1 aliphatic carbocycles.